The average molecular weight is 341 g/mol. The number of rotatable bonds is 2. The molecule has 0 bridgehead atoms. The summed E-state index contributed by atoms with van der Waals surface area (Å²) >= 11 is 9.43. The fraction of sp³-hybridized carbons (Fsp3) is 0.429. The van der Waals surface area contributed by atoms with Crippen molar-refractivity contribution in [2.24, 2.45) is 0 Å². The first-order valence-corrected chi connectivity index (χ1v) is 7.79. The molecule has 1 heterocycles. The van der Waals surface area contributed by atoms with Crippen molar-refractivity contribution in [2.75, 3.05) is 0 Å². The van der Waals surface area contributed by atoms with Crippen LogP contribution in [0.4, 0.5) is 0 Å². The highest BCUT2D eigenvalue weighted by Gasteiger charge is 2.19. The minimum Gasteiger partial charge on any atom is -0.262 e. The summed E-state index contributed by atoms with van der Waals surface area (Å²) in [7, 11) is 0. The van der Waals surface area contributed by atoms with Crippen molar-refractivity contribution in [3.8, 4) is 11.4 Å². The zero-order valence-electron chi connectivity index (χ0n) is 10.5. The highest BCUT2D eigenvalue weighted by atomic mass is 79.9. The van der Waals surface area contributed by atoms with Crippen LogP contribution in [0.2, 0.25) is 5.02 Å². The first kappa shape index (κ1) is 13.1. The Balaban J connectivity index is 1.85. The molecule has 1 fully saturated rings. The van der Waals surface area contributed by atoms with Crippen molar-refractivity contribution < 1.29 is 0 Å². The molecule has 3 nitrogen and oxygen atoms in total. The van der Waals surface area contributed by atoms with Gasteiger partial charge in [-0.2, -0.15) is 5.10 Å². The van der Waals surface area contributed by atoms with Crippen LogP contribution in [0.5, 0.6) is 0 Å². The lowest BCUT2D eigenvalue weighted by Crippen LogP contribution is -2.06. The van der Waals surface area contributed by atoms with Crippen molar-refractivity contribution in [1.82, 2.24) is 15.2 Å². The van der Waals surface area contributed by atoms with E-state index in [2.05, 4.69) is 31.1 Å². The fourth-order valence-corrected chi connectivity index (χ4v) is 3.09. The first-order valence-electron chi connectivity index (χ1n) is 6.62. The largest absolute Gasteiger partial charge is 0.262 e. The summed E-state index contributed by atoms with van der Waals surface area (Å²) in [5.74, 6) is 2.32. The van der Waals surface area contributed by atoms with Crippen LogP contribution in [0.1, 0.15) is 43.8 Å². The number of benzene rings is 1. The monoisotopic (exact) mass is 339 g/mol. The Labute approximate surface area is 125 Å². The summed E-state index contributed by atoms with van der Waals surface area (Å²) in [4.78, 5) is 4.64. The molecule has 1 aromatic carbocycles. The average Bonchev–Trinajstić information content (AvgIpc) is 2.93. The van der Waals surface area contributed by atoms with Gasteiger partial charge in [0.15, 0.2) is 5.82 Å². The van der Waals surface area contributed by atoms with Gasteiger partial charge in [0.25, 0.3) is 0 Å². The van der Waals surface area contributed by atoms with Crippen LogP contribution in [0.15, 0.2) is 22.7 Å². The molecule has 19 heavy (non-hydrogen) atoms. The molecular formula is C14H15BrClN3. The lowest BCUT2D eigenvalue weighted by atomic mass is 9.89. The lowest BCUT2D eigenvalue weighted by molar-refractivity contribution is 0.429. The van der Waals surface area contributed by atoms with Gasteiger partial charge in [-0.05, 0) is 47.0 Å². The fourth-order valence-electron chi connectivity index (χ4n) is 2.60. The molecule has 100 valence electrons. The second-order valence-electron chi connectivity index (χ2n) is 5.01. The van der Waals surface area contributed by atoms with Gasteiger partial charge in [0.05, 0.1) is 5.02 Å². The molecule has 5 heteroatoms. The Morgan fingerprint density at radius 3 is 2.74 bits per heavy atom. The number of H-pyrrole nitrogens is 1. The summed E-state index contributed by atoms with van der Waals surface area (Å²) in [6, 6.07) is 5.76. The number of hydrogen-bond acceptors (Lipinski definition) is 2. The second kappa shape index (κ2) is 5.63. The molecule has 1 N–H and O–H groups in total. The zero-order chi connectivity index (χ0) is 13.2. The van der Waals surface area contributed by atoms with Crippen LogP contribution in [0, 0.1) is 0 Å². The molecule has 0 atom stereocenters. The number of nitrogens with zero attached hydrogens (tertiary/aromatic N) is 2. The Hall–Kier alpha value is -0.870. The van der Waals surface area contributed by atoms with E-state index >= 15 is 0 Å². The predicted molar refractivity (Wildman–Crippen MR) is 80.4 cm³/mol. The summed E-state index contributed by atoms with van der Waals surface area (Å²) in [6.07, 6.45) is 6.39. The number of aromatic nitrogens is 3. The SMILES string of the molecule is Clc1ccc(-c2n[nH]c(C3CCCCC3)n2)cc1Br. The summed E-state index contributed by atoms with van der Waals surface area (Å²) < 4.78 is 0.871. The Morgan fingerprint density at radius 2 is 2.00 bits per heavy atom. The van der Waals surface area contributed by atoms with E-state index in [1.165, 1.54) is 32.1 Å². The summed E-state index contributed by atoms with van der Waals surface area (Å²) in [6.45, 7) is 0. The molecule has 0 amide bonds. The maximum Gasteiger partial charge on any atom is 0.181 e. The Bertz CT molecular complexity index is 576. The standard InChI is InChI=1S/C14H15BrClN3/c15-11-8-10(6-7-12(11)16)14-17-13(18-19-14)9-4-2-1-3-5-9/h6-9H,1-5H2,(H,17,18,19). The van der Waals surface area contributed by atoms with Crippen molar-refractivity contribution in [3.05, 3.63) is 33.5 Å². The number of aromatic amines is 1. The molecule has 2 aromatic rings. The van der Waals surface area contributed by atoms with E-state index in [4.69, 9.17) is 11.6 Å². The third-order valence-corrected chi connectivity index (χ3v) is 4.89. The highest BCUT2D eigenvalue weighted by Crippen LogP contribution is 2.32. The first-order chi connectivity index (χ1) is 9.24. The van der Waals surface area contributed by atoms with E-state index in [1.54, 1.807) is 0 Å². The van der Waals surface area contributed by atoms with Crippen molar-refractivity contribution in [1.29, 1.82) is 0 Å². The van der Waals surface area contributed by atoms with E-state index in [-0.39, 0.29) is 0 Å². The summed E-state index contributed by atoms with van der Waals surface area (Å²) in [5.41, 5.74) is 0.981. The van der Waals surface area contributed by atoms with Gasteiger partial charge in [-0.25, -0.2) is 4.98 Å². The smallest absolute Gasteiger partial charge is 0.181 e. The molecule has 0 radical (unpaired) electrons. The van der Waals surface area contributed by atoms with E-state index in [9.17, 15) is 0 Å². The molecule has 1 aromatic heterocycles. The Kier molecular flexibility index (Phi) is 3.89. The topological polar surface area (TPSA) is 41.6 Å². The van der Waals surface area contributed by atoms with Crippen LogP contribution in [0.25, 0.3) is 11.4 Å². The molecule has 3 rings (SSSR count). The van der Waals surface area contributed by atoms with Crippen LogP contribution >= 0.6 is 27.5 Å². The zero-order valence-corrected chi connectivity index (χ0v) is 12.8. The van der Waals surface area contributed by atoms with Gasteiger partial charge in [0.2, 0.25) is 0 Å². The predicted octanol–water partition coefficient (Wildman–Crippen LogP) is 4.94. The normalized spacial score (nSPS) is 16.7. The van der Waals surface area contributed by atoms with Crippen LogP contribution in [0.3, 0.4) is 0 Å². The van der Waals surface area contributed by atoms with Crippen molar-refractivity contribution >= 4 is 27.5 Å². The molecule has 0 unspecified atom stereocenters. The van der Waals surface area contributed by atoms with E-state index in [0.717, 1.165) is 21.7 Å². The molecule has 0 spiro atoms. The molecule has 1 saturated carbocycles. The number of nitrogens with one attached hydrogen (secondary N) is 1. The van der Waals surface area contributed by atoms with Crippen LogP contribution < -0.4 is 0 Å². The molecule has 1 aliphatic rings. The quantitative estimate of drug-likeness (QED) is 0.841. The number of hydrogen-bond donors (Lipinski definition) is 1. The second-order valence-corrected chi connectivity index (χ2v) is 6.27. The third kappa shape index (κ3) is 2.84. The van der Waals surface area contributed by atoms with E-state index in [0.29, 0.717) is 10.9 Å². The lowest BCUT2D eigenvalue weighted by Gasteiger charge is -2.18. The van der Waals surface area contributed by atoms with Crippen molar-refractivity contribution in [3.63, 3.8) is 0 Å². The minimum absolute atomic E-state index is 0.547. The molecule has 0 saturated heterocycles. The van der Waals surface area contributed by atoms with E-state index in [1.807, 2.05) is 18.2 Å². The highest BCUT2D eigenvalue weighted by molar-refractivity contribution is 9.10. The van der Waals surface area contributed by atoms with Crippen LogP contribution in [-0.4, -0.2) is 15.2 Å². The maximum absolute atomic E-state index is 6.00. The number of halogens is 2. The maximum atomic E-state index is 6.00. The minimum atomic E-state index is 0.547. The van der Waals surface area contributed by atoms with Gasteiger partial charge in [-0.15, -0.1) is 0 Å². The van der Waals surface area contributed by atoms with Gasteiger partial charge in [-0.3, -0.25) is 5.10 Å². The van der Waals surface area contributed by atoms with E-state index < -0.39 is 0 Å². The molecule has 1 aliphatic carbocycles. The third-order valence-electron chi connectivity index (χ3n) is 3.67. The van der Waals surface area contributed by atoms with Gasteiger partial charge < -0.3 is 0 Å². The van der Waals surface area contributed by atoms with Gasteiger partial charge in [0, 0.05) is 16.0 Å². The Morgan fingerprint density at radius 1 is 1.21 bits per heavy atom. The van der Waals surface area contributed by atoms with Gasteiger partial charge in [0.1, 0.15) is 5.82 Å². The van der Waals surface area contributed by atoms with Crippen LogP contribution in [-0.2, 0) is 0 Å². The summed E-state index contributed by atoms with van der Waals surface area (Å²) in [5, 5.41) is 8.13. The molecular weight excluding hydrogens is 326 g/mol. The molecule has 0 aliphatic heterocycles. The van der Waals surface area contributed by atoms with Gasteiger partial charge >= 0.3 is 0 Å². The van der Waals surface area contributed by atoms with Gasteiger partial charge in [-0.1, -0.05) is 30.9 Å². The van der Waals surface area contributed by atoms with Crippen molar-refractivity contribution in [2.45, 2.75) is 38.0 Å².